The molecule has 2 atom stereocenters. The van der Waals surface area contributed by atoms with Crippen molar-refractivity contribution in [2.24, 2.45) is 17.8 Å². The highest BCUT2D eigenvalue weighted by molar-refractivity contribution is 5.82. The topological polar surface area (TPSA) is 52.7 Å². The third-order valence-corrected chi connectivity index (χ3v) is 5.71. The summed E-state index contributed by atoms with van der Waals surface area (Å²) in [5, 5.41) is 2.92. The number of hydrogen-bond donors (Lipinski definition) is 1. The van der Waals surface area contributed by atoms with Crippen LogP contribution in [-0.4, -0.2) is 54.0 Å². The molecule has 1 N–H and O–H groups in total. The highest BCUT2D eigenvalue weighted by Crippen LogP contribution is 2.55. The lowest BCUT2D eigenvalue weighted by Crippen LogP contribution is -2.54. The van der Waals surface area contributed by atoms with E-state index in [0.717, 1.165) is 57.8 Å². The number of rotatable bonds is 3. The summed E-state index contributed by atoms with van der Waals surface area (Å²) < 4.78 is 0. The summed E-state index contributed by atoms with van der Waals surface area (Å²) in [6.07, 6.45) is 6.76. The number of urea groups is 1. The molecular formula is C16H25N3O2. The minimum absolute atomic E-state index is 0.0852. The number of amides is 3. The maximum absolute atomic E-state index is 12.5. The Bertz CT molecular complexity index is 441. The van der Waals surface area contributed by atoms with E-state index < -0.39 is 0 Å². The van der Waals surface area contributed by atoms with Crippen LogP contribution in [0, 0.1) is 17.8 Å². The molecule has 4 aliphatic rings. The van der Waals surface area contributed by atoms with Crippen molar-refractivity contribution in [2.75, 3.05) is 26.2 Å². The first-order valence-electron chi connectivity index (χ1n) is 8.57. The third-order valence-electron chi connectivity index (χ3n) is 5.71. The van der Waals surface area contributed by atoms with Gasteiger partial charge in [-0.15, -0.1) is 0 Å². The molecule has 5 nitrogen and oxygen atoms in total. The summed E-state index contributed by atoms with van der Waals surface area (Å²) in [4.78, 5) is 28.4. The molecule has 2 saturated carbocycles. The third kappa shape index (κ3) is 2.62. The number of likely N-dealkylation sites (tertiary alicyclic amines) is 1. The van der Waals surface area contributed by atoms with Crippen LogP contribution in [0.2, 0.25) is 0 Å². The largest absolute Gasteiger partial charge is 0.342 e. The number of hydrogen-bond acceptors (Lipinski definition) is 2. The van der Waals surface area contributed by atoms with Crippen molar-refractivity contribution in [1.29, 1.82) is 0 Å². The Labute approximate surface area is 126 Å². The molecule has 0 aromatic carbocycles. The average molecular weight is 291 g/mol. The van der Waals surface area contributed by atoms with E-state index in [1.165, 1.54) is 12.8 Å². The monoisotopic (exact) mass is 291 g/mol. The Balaban J connectivity index is 1.28. The molecule has 0 spiro atoms. The van der Waals surface area contributed by atoms with Crippen LogP contribution in [0.4, 0.5) is 4.79 Å². The molecule has 2 saturated heterocycles. The van der Waals surface area contributed by atoms with E-state index in [2.05, 4.69) is 10.2 Å². The van der Waals surface area contributed by atoms with Crippen molar-refractivity contribution < 1.29 is 9.59 Å². The molecule has 2 aliphatic heterocycles. The second-order valence-corrected chi connectivity index (χ2v) is 7.18. The summed E-state index contributed by atoms with van der Waals surface area (Å²) in [5.74, 6) is 2.32. The van der Waals surface area contributed by atoms with Crippen LogP contribution in [0.5, 0.6) is 0 Å². The summed E-state index contributed by atoms with van der Waals surface area (Å²) in [5.41, 5.74) is 0. The van der Waals surface area contributed by atoms with Gasteiger partial charge in [-0.2, -0.15) is 0 Å². The van der Waals surface area contributed by atoms with Gasteiger partial charge in [0.15, 0.2) is 0 Å². The number of piperidine rings is 1. The Morgan fingerprint density at radius 3 is 2.52 bits per heavy atom. The van der Waals surface area contributed by atoms with E-state index >= 15 is 0 Å². The molecule has 4 fully saturated rings. The zero-order valence-electron chi connectivity index (χ0n) is 12.6. The minimum atomic E-state index is 0.0852. The highest BCUT2D eigenvalue weighted by Gasteiger charge is 2.52. The number of nitrogens with zero attached hydrogens (tertiary/aromatic N) is 2. The normalized spacial score (nSPS) is 33.8. The van der Waals surface area contributed by atoms with Crippen LogP contribution in [-0.2, 0) is 4.79 Å². The summed E-state index contributed by atoms with van der Waals surface area (Å²) in [7, 11) is 0. The second-order valence-electron chi connectivity index (χ2n) is 7.18. The number of carbonyl (C=O) groups excluding carboxylic acids is 2. The quantitative estimate of drug-likeness (QED) is 0.855. The van der Waals surface area contributed by atoms with E-state index in [4.69, 9.17) is 0 Å². The predicted octanol–water partition coefficient (Wildman–Crippen LogP) is 1.44. The van der Waals surface area contributed by atoms with Crippen LogP contribution in [0.25, 0.3) is 0 Å². The molecule has 0 unspecified atom stereocenters. The summed E-state index contributed by atoms with van der Waals surface area (Å²) in [6.45, 7) is 3.34. The van der Waals surface area contributed by atoms with Gasteiger partial charge in [0.1, 0.15) is 0 Å². The van der Waals surface area contributed by atoms with Gasteiger partial charge in [-0.25, -0.2) is 4.79 Å². The first kappa shape index (κ1) is 13.4. The Hall–Kier alpha value is -1.26. The van der Waals surface area contributed by atoms with Gasteiger partial charge in [0.05, 0.1) is 0 Å². The van der Waals surface area contributed by atoms with Crippen LogP contribution in [0.1, 0.15) is 38.5 Å². The maximum Gasteiger partial charge on any atom is 0.317 e. The van der Waals surface area contributed by atoms with Gasteiger partial charge in [-0.05, 0) is 50.4 Å². The van der Waals surface area contributed by atoms with E-state index in [1.807, 2.05) is 4.90 Å². The molecule has 4 rings (SSSR count). The molecule has 2 heterocycles. The first-order valence-corrected chi connectivity index (χ1v) is 8.57. The van der Waals surface area contributed by atoms with Crippen LogP contribution >= 0.6 is 0 Å². The lowest BCUT2D eigenvalue weighted by atomic mass is 10.0. The van der Waals surface area contributed by atoms with Gasteiger partial charge in [0, 0.05) is 38.1 Å². The molecular weight excluding hydrogens is 266 g/mol. The molecule has 0 aromatic rings. The van der Waals surface area contributed by atoms with Crippen molar-refractivity contribution in [1.82, 2.24) is 15.1 Å². The highest BCUT2D eigenvalue weighted by atomic mass is 16.2. The number of carbonyl (C=O) groups is 2. The fourth-order valence-electron chi connectivity index (χ4n) is 4.17. The van der Waals surface area contributed by atoms with Gasteiger partial charge in [-0.3, -0.25) is 4.79 Å². The van der Waals surface area contributed by atoms with E-state index in [0.29, 0.717) is 23.8 Å². The molecule has 116 valence electrons. The molecule has 5 heteroatoms. The maximum atomic E-state index is 12.5. The summed E-state index contributed by atoms with van der Waals surface area (Å²) >= 11 is 0. The van der Waals surface area contributed by atoms with Gasteiger partial charge >= 0.3 is 6.03 Å². The molecule has 0 aromatic heterocycles. The molecule has 0 radical (unpaired) electrons. The Kier molecular flexibility index (Phi) is 3.31. The van der Waals surface area contributed by atoms with Crippen molar-refractivity contribution in [3.05, 3.63) is 0 Å². The van der Waals surface area contributed by atoms with E-state index in [-0.39, 0.29) is 6.03 Å². The van der Waals surface area contributed by atoms with Crippen LogP contribution < -0.4 is 5.32 Å². The van der Waals surface area contributed by atoms with Gasteiger partial charge in [-0.1, -0.05) is 0 Å². The SMILES string of the molecule is O=C([C@H]1C[C@@H]1C1CC1)N1CCC(N2CCCNC2=O)CC1. The summed E-state index contributed by atoms with van der Waals surface area (Å²) in [6, 6.07) is 0.412. The van der Waals surface area contributed by atoms with Gasteiger partial charge in [0.2, 0.25) is 5.91 Å². The molecule has 0 bridgehead atoms. The standard InChI is InChI=1S/C16H25N3O2/c20-15(14-10-13(14)11-2-3-11)18-8-4-12(5-9-18)19-7-1-6-17-16(19)21/h11-14H,1-10H2,(H,17,21)/t13-,14+/m1/s1. The predicted molar refractivity (Wildman–Crippen MR) is 78.6 cm³/mol. The molecule has 21 heavy (non-hydrogen) atoms. The van der Waals surface area contributed by atoms with Crippen molar-refractivity contribution in [2.45, 2.75) is 44.6 Å². The second kappa shape index (κ2) is 5.18. The smallest absolute Gasteiger partial charge is 0.317 e. The fraction of sp³-hybridized carbons (Fsp3) is 0.875. The minimum Gasteiger partial charge on any atom is -0.342 e. The lowest BCUT2D eigenvalue weighted by Gasteiger charge is -2.40. The van der Waals surface area contributed by atoms with Crippen LogP contribution in [0.3, 0.4) is 0 Å². The van der Waals surface area contributed by atoms with Crippen LogP contribution in [0.15, 0.2) is 0 Å². The van der Waals surface area contributed by atoms with Gasteiger partial charge in [0.25, 0.3) is 0 Å². The lowest BCUT2D eigenvalue weighted by molar-refractivity contribution is -0.134. The average Bonchev–Trinajstić information content (AvgIpc) is 3.39. The van der Waals surface area contributed by atoms with Gasteiger partial charge < -0.3 is 15.1 Å². The Morgan fingerprint density at radius 2 is 1.86 bits per heavy atom. The fourth-order valence-corrected chi connectivity index (χ4v) is 4.17. The zero-order valence-corrected chi connectivity index (χ0v) is 12.6. The van der Waals surface area contributed by atoms with E-state index in [9.17, 15) is 9.59 Å². The Morgan fingerprint density at radius 1 is 1.10 bits per heavy atom. The molecule has 2 aliphatic carbocycles. The van der Waals surface area contributed by atoms with E-state index in [1.54, 1.807) is 0 Å². The van der Waals surface area contributed by atoms with Crippen molar-refractivity contribution >= 4 is 11.9 Å². The zero-order chi connectivity index (χ0) is 14.4. The van der Waals surface area contributed by atoms with Crippen molar-refractivity contribution in [3.8, 4) is 0 Å². The molecule has 3 amide bonds. The number of nitrogens with one attached hydrogen (secondary N) is 1. The first-order chi connectivity index (χ1) is 10.2. The van der Waals surface area contributed by atoms with Crippen molar-refractivity contribution in [3.63, 3.8) is 0 Å².